The lowest BCUT2D eigenvalue weighted by molar-refractivity contribution is -0.0146. The van der Waals surface area contributed by atoms with Gasteiger partial charge in [0, 0.05) is 18.8 Å². The molecule has 2 N–H and O–H groups in total. The van der Waals surface area contributed by atoms with Crippen molar-refractivity contribution in [3.05, 3.63) is 12.3 Å². The third-order valence-electron chi connectivity index (χ3n) is 4.19. The molecule has 21 heavy (non-hydrogen) atoms. The lowest BCUT2D eigenvalue weighted by atomic mass is 9.71. The zero-order chi connectivity index (χ0) is 15.3. The molecule has 0 bridgehead atoms. The molecule has 0 radical (unpaired) electrons. The summed E-state index contributed by atoms with van der Waals surface area (Å²) < 4.78 is 5.49. The van der Waals surface area contributed by atoms with Crippen molar-refractivity contribution in [1.29, 1.82) is 0 Å². The summed E-state index contributed by atoms with van der Waals surface area (Å²) in [6.07, 6.45) is 6.35. The first-order valence-electron chi connectivity index (χ1n) is 7.85. The van der Waals surface area contributed by atoms with Gasteiger partial charge in [-0.25, -0.2) is 4.98 Å². The molecule has 0 atom stereocenters. The Morgan fingerprint density at radius 1 is 1.29 bits per heavy atom. The zero-order valence-corrected chi connectivity index (χ0v) is 13.4. The molecule has 1 aliphatic rings. The van der Waals surface area contributed by atoms with E-state index in [1.807, 2.05) is 0 Å². The van der Waals surface area contributed by atoms with E-state index in [2.05, 4.69) is 36.1 Å². The Balaban J connectivity index is 1.88. The van der Waals surface area contributed by atoms with Gasteiger partial charge in [-0.15, -0.1) is 0 Å². The van der Waals surface area contributed by atoms with Crippen molar-refractivity contribution in [2.45, 2.75) is 58.5 Å². The molecule has 1 saturated carbocycles. The van der Waals surface area contributed by atoms with Crippen LogP contribution in [0.5, 0.6) is 5.88 Å². The van der Waals surface area contributed by atoms with Crippen LogP contribution in [0.15, 0.2) is 12.3 Å². The van der Waals surface area contributed by atoms with Gasteiger partial charge in [-0.2, -0.15) is 4.98 Å². The summed E-state index contributed by atoms with van der Waals surface area (Å²) in [5.41, 5.74) is -0.310. The molecule has 5 heteroatoms. The summed E-state index contributed by atoms with van der Waals surface area (Å²) in [5, 5.41) is 13.8. The van der Waals surface area contributed by atoms with E-state index in [1.165, 1.54) is 0 Å². The van der Waals surface area contributed by atoms with Crippen molar-refractivity contribution in [3.8, 4) is 5.88 Å². The molecule has 0 spiro atoms. The molecule has 0 aromatic carbocycles. The first kappa shape index (κ1) is 16.0. The number of ether oxygens (including phenoxy) is 1. The molecule has 0 saturated heterocycles. The standard InChI is InChI=1S/C16H27N3O2/c1-4-11-21-13-5-10-17-14(19-13)18-12-16(20)8-6-15(2,3)7-9-16/h5,10,20H,4,6-9,11-12H2,1-3H3,(H,17,18,19). The summed E-state index contributed by atoms with van der Waals surface area (Å²) >= 11 is 0. The number of hydrogen-bond donors (Lipinski definition) is 2. The maximum atomic E-state index is 10.6. The van der Waals surface area contributed by atoms with Crippen LogP contribution in [-0.2, 0) is 0 Å². The fraction of sp³-hybridized carbons (Fsp3) is 0.750. The number of rotatable bonds is 6. The number of aromatic nitrogens is 2. The highest BCUT2D eigenvalue weighted by atomic mass is 16.5. The Kier molecular flexibility index (Phi) is 5.04. The molecule has 1 heterocycles. The Labute approximate surface area is 127 Å². The van der Waals surface area contributed by atoms with Gasteiger partial charge < -0.3 is 15.2 Å². The first-order valence-corrected chi connectivity index (χ1v) is 7.85. The van der Waals surface area contributed by atoms with Gasteiger partial charge in [-0.3, -0.25) is 0 Å². The monoisotopic (exact) mass is 293 g/mol. The zero-order valence-electron chi connectivity index (χ0n) is 13.4. The van der Waals surface area contributed by atoms with E-state index in [-0.39, 0.29) is 0 Å². The fourth-order valence-corrected chi connectivity index (χ4v) is 2.53. The summed E-state index contributed by atoms with van der Waals surface area (Å²) in [5.74, 6) is 1.09. The van der Waals surface area contributed by atoms with Gasteiger partial charge in [-0.05, 0) is 37.5 Å². The van der Waals surface area contributed by atoms with Crippen LogP contribution in [0.2, 0.25) is 0 Å². The van der Waals surface area contributed by atoms with E-state index in [1.54, 1.807) is 12.3 Å². The number of aliphatic hydroxyl groups is 1. The number of anilines is 1. The highest BCUT2D eigenvalue weighted by Crippen LogP contribution is 2.40. The SMILES string of the molecule is CCCOc1ccnc(NCC2(O)CCC(C)(C)CC2)n1. The third-order valence-corrected chi connectivity index (χ3v) is 4.19. The molecule has 5 nitrogen and oxygen atoms in total. The van der Waals surface area contributed by atoms with Crippen LogP contribution in [0.25, 0.3) is 0 Å². The summed E-state index contributed by atoms with van der Waals surface area (Å²) in [4.78, 5) is 8.48. The van der Waals surface area contributed by atoms with Gasteiger partial charge in [0.15, 0.2) is 0 Å². The lowest BCUT2D eigenvalue weighted by Gasteiger charge is -2.40. The fourth-order valence-electron chi connectivity index (χ4n) is 2.53. The average Bonchev–Trinajstić information content (AvgIpc) is 2.47. The smallest absolute Gasteiger partial charge is 0.226 e. The minimum Gasteiger partial charge on any atom is -0.478 e. The molecule has 1 aromatic rings. The second-order valence-electron chi connectivity index (χ2n) is 6.81. The predicted octanol–water partition coefficient (Wildman–Crippen LogP) is 3.01. The first-order chi connectivity index (χ1) is 9.92. The van der Waals surface area contributed by atoms with E-state index in [9.17, 15) is 5.11 Å². The van der Waals surface area contributed by atoms with Crippen LogP contribution in [0, 0.1) is 5.41 Å². The largest absolute Gasteiger partial charge is 0.478 e. The van der Waals surface area contributed by atoms with Crippen LogP contribution in [0.1, 0.15) is 52.9 Å². The molecule has 118 valence electrons. The van der Waals surface area contributed by atoms with E-state index in [4.69, 9.17) is 4.74 Å². The van der Waals surface area contributed by atoms with Gasteiger partial charge in [0.1, 0.15) is 0 Å². The average molecular weight is 293 g/mol. The van der Waals surface area contributed by atoms with Gasteiger partial charge >= 0.3 is 0 Å². The maximum Gasteiger partial charge on any atom is 0.226 e. The van der Waals surface area contributed by atoms with Crippen molar-refractivity contribution < 1.29 is 9.84 Å². The van der Waals surface area contributed by atoms with Crippen molar-refractivity contribution in [2.75, 3.05) is 18.5 Å². The normalized spacial score (nSPS) is 20.0. The van der Waals surface area contributed by atoms with E-state index < -0.39 is 5.60 Å². The second-order valence-corrected chi connectivity index (χ2v) is 6.81. The van der Waals surface area contributed by atoms with Crippen LogP contribution in [0.3, 0.4) is 0 Å². The van der Waals surface area contributed by atoms with Crippen molar-refractivity contribution in [1.82, 2.24) is 9.97 Å². The molecular formula is C16H27N3O2. The van der Waals surface area contributed by atoms with E-state index in [0.717, 1.165) is 32.1 Å². The van der Waals surface area contributed by atoms with Crippen LogP contribution in [0.4, 0.5) is 5.95 Å². The topological polar surface area (TPSA) is 67.3 Å². The minimum atomic E-state index is -0.654. The Morgan fingerprint density at radius 3 is 2.67 bits per heavy atom. The predicted molar refractivity (Wildman–Crippen MR) is 83.5 cm³/mol. The molecule has 0 unspecified atom stereocenters. The third kappa shape index (κ3) is 4.84. The molecular weight excluding hydrogens is 266 g/mol. The van der Waals surface area contributed by atoms with Crippen LogP contribution in [-0.4, -0.2) is 33.8 Å². The van der Waals surface area contributed by atoms with Crippen molar-refractivity contribution in [2.24, 2.45) is 5.41 Å². The van der Waals surface area contributed by atoms with Gasteiger partial charge in [0.2, 0.25) is 11.8 Å². The quantitative estimate of drug-likeness (QED) is 0.844. The van der Waals surface area contributed by atoms with Gasteiger partial charge in [-0.1, -0.05) is 20.8 Å². The minimum absolute atomic E-state index is 0.344. The van der Waals surface area contributed by atoms with Gasteiger partial charge in [0.05, 0.1) is 12.2 Å². The molecule has 1 aromatic heterocycles. The Bertz CT molecular complexity index is 453. The van der Waals surface area contributed by atoms with Crippen LogP contribution < -0.4 is 10.1 Å². The highest BCUT2D eigenvalue weighted by molar-refractivity contribution is 5.28. The molecule has 1 aliphatic carbocycles. The molecule has 1 fully saturated rings. The second kappa shape index (κ2) is 6.60. The summed E-state index contributed by atoms with van der Waals surface area (Å²) in [7, 11) is 0. The lowest BCUT2D eigenvalue weighted by Crippen LogP contribution is -2.42. The number of nitrogens with zero attached hydrogens (tertiary/aromatic N) is 2. The van der Waals surface area contributed by atoms with E-state index in [0.29, 0.717) is 30.4 Å². The van der Waals surface area contributed by atoms with Gasteiger partial charge in [0.25, 0.3) is 0 Å². The summed E-state index contributed by atoms with van der Waals surface area (Å²) in [6, 6.07) is 1.75. The number of nitrogens with one attached hydrogen (secondary N) is 1. The Morgan fingerprint density at radius 2 is 2.00 bits per heavy atom. The van der Waals surface area contributed by atoms with E-state index >= 15 is 0 Å². The van der Waals surface area contributed by atoms with Crippen molar-refractivity contribution in [3.63, 3.8) is 0 Å². The summed E-state index contributed by atoms with van der Waals surface area (Å²) in [6.45, 7) is 7.71. The molecule has 2 rings (SSSR count). The molecule has 0 aliphatic heterocycles. The maximum absolute atomic E-state index is 10.6. The van der Waals surface area contributed by atoms with Crippen molar-refractivity contribution >= 4 is 5.95 Å². The number of hydrogen-bond acceptors (Lipinski definition) is 5. The van der Waals surface area contributed by atoms with Crippen LogP contribution >= 0.6 is 0 Å². The Hall–Kier alpha value is -1.36. The molecule has 0 amide bonds. The highest BCUT2D eigenvalue weighted by Gasteiger charge is 2.36.